The van der Waals surface area contributed by atoms with Gasteiger partial charge in [0.05, 0.1) is 19.2 Å². The van der Waals surface area contributed by atoms with Crippen LogP contribution in [0.15, 0.2) is 48.5 Å². The Morgan fingerprint density at radius 1 is 1.03 bits per heavy atom. The first kappa shape index (κ1) is 20.7. The molecule has 7 nitrogen and oxygen atoms in total. The van der Waals surface area contributed by atoms with Crippen LogP contribution in [0.5, 0.6) is 17.2 Å². The number of rotatable bonds is 8. The summed E-state index contributed by atoms with van der Waals surface area (Å²) in [5, 5.41) is 2.86. The third-order valence-corrected chi connectivity index (χ3v) is 4.80. The van der Waals surface area contributed by atoms with Gasteiger partial charge in [-0.1, -0.05) is 6.42 Å². The predicted octanol–water partition coefficient (Wildman–Crippen LogP) is 3.16. The molecule has 1 fully saturated rings. The van der Waals surface area contributed by atoms with E-state index in [9.17, 15) is 9.59 Å². The van der Waals surface area contributed by atoms with E-state index < -0.39 is 0 Å². The fourth-order valence-corrected chi connectivity index (χ4v) is 3.40. The molecule has 1 aliphatic heterocycles. The molecule has 2 amide bonds. The molecule has 0 aliphatic carbocycles. The van der Waals surface area contributed by atoms with E-state index in [1.54, 1.807) is 24.3 Å². The number of likely N-dealkylation sites (tertiary alicyclic amines) is 1. The second-order valence-corrected chi connectivity index (χ2v) is 6.96. The van der Waals surface area contributed by atoms with Gasteiger partial charge in [-0.05, 0) is 74.8 Å². The van der Waals surface area contributed by atoms with Crippen LogP contribution >= 0.6 is 0 Å². The van der Waals surface area contributed by atoms with Crippen LogP contribution < -0.4 is 20.5 Å². The molecule has 2 aromatic rings. The smallest absolute Gasteiger partial charge is 0.238 e. The number of primary amides is 1. The van der Waals surface area contributed by atoms with Gasteiger partial charge in [0.25, 0.3) is 0 Å². The Kier molecular flexibility index (Phi) is 7.08. The molecule has 1 atom stereocenters. The molecule has 3 rings (SSSR count). The van der Waals surface area contributed by atoms with E-state index in [1.165, 1.54) is 0 Å². The fourth-order valence-electron chi connectivity index (χ4n) is 3.40. The molecular weight excluding hydrogens is 370 g/mol. The Hall–Kier alpha value is -3.06. The number of hydrogen-bond acceptors (Lipinski definition) is 5. The van der Waals surface area contributed by atoms with Gasteiger partial charge in [0.2, 0.25) is 11.8 Å². The summed E-state index contributed by atoms with van der Waals surface area (Å²) < 4.78 is 11.2. The normalized spacial score (nSPS) is 16.8. The van der Waals surface area contributed by atoms with Crippen LogP contribution in [0, 0.1) is 0 Å². The van der Waals surface area contributed by atoms with E-state index in [2.05, 4.69) is 5.32 Å². The number of anilines is 1. The molecule has 3 N–H and O–H groups in total. The van der Waals surface area contributed by atoms with Crippen LogP contribution in [0.2, 0.25) is 0 Å². The van der Waals surface area contributed by atoms with E-state index in [-0.39, 0.29) is 24.4 Å². The second-order valence-electron chi connectivity index (χ2n) is 6.96. The number of ether oxygens (including phenoxy) is 2. The molecular formula is C22H27N3O4. The molecule has 154 valence electrons. The van der Waals surface area contributed by atoms with Gasteiger partial charge in [-0.15, -0.1) is 0 Å². The molecule has 2 aromatic carbocycles. The minimum absolute atomic E-state index is 0.151. The Morgan fingerprint density at radius 2 is 1.66 bits per heavy atom. The molecule has 7 heteroatoms. The first-order valence-electron chi connectivity index (χ1n) is 9.89. The number of amides is 2. The van der Waals surface area contributed by atoms with Gasteiger partial charge in [-0.2, -0.15) is 0 Å². The summed E-state index contributed by atoms with van der Waals surface area (Å²) in [6, 6.07) is 14.2. The maximum Gasteiger partial charge on any atom is 0.238 e. The van der Waals surface area contributed by atoms with Crippen molar-refractivity contribution in [3.8, 4) is 17.2 Å². The lowest BCUT2D eigenvalue weighted by Gasteiger charge is -2.32. The van der Waals surface area contributed by atoms with Crippen LogP contribution in [0.4, 0.5) is 5.69 Å². The summed E-state index contributed by atoms with van der Waals surface area (Å²) >= 11 is 0. The molecule has 0 aromatic heterocycles. The number of nitrogens with one attached hydrogen (secondary N) is 1. The predicted molar refractivity (Wildman–Crippen MR) is 111 cm³/mol. The van der Waals surface area contributed by atoms with Crippen LogP contribution in [0.25, 0.3) is 0 Å². The van der Waals surface area contributed by atoms with Crippen LogP contribution in [0.3, 0.4) is 0 Å². The standard InChI is InChI=1S/C22H27N3O4/c1-2-28-17-10-12-19(13-11-17)29-18-8-6-16(7-9-18)24-21(26)15-25-14-4-3-5-20(25)22(23)27/h6-13,20H,2-5,14-15H2,1H3,(H2,23,27)(H,24,26)/t20-/m0/s1. The number of piperidine rings is 1. The van der Waals surface area contributed by atoms with E-state index in [1.807, 2.05) is 36.1 Å². The SMILES string of the molecule is CCOc1ccc(Oc2ccc(NC(=O)CN3CCCC[C@H]3C(N)=O)cc2)cc1. The Labute approximate surface area is 170 Å². The fraction of sp³-hybridized carbons (Fsp3) is 0.364. The second kappa shape index (κ2) is 9.93. The zero-order chi connectivity index (χ0) is 20.6. The number of nitrogens with zero attached hydrogens (tertiary/aromatic N) is 1. The minimum Gasteiger partial charge on any atom is -0.494 e. The van der Waals surface area contributed by atoms with Crippen molar-refractivity contribution in [2.45, 2.75) is 32.2 Å². The molecule has 1 aliphatic rings. The minimum atomic E-state index is -0.367. The van der Waals surface area contributed by atoms with Crippen molar-refractivity contribution in [2.24, 2.45) is 5.73 Å². The Morgan fingerprint density at radius 3 is 2.28 bits per heavy atom. The van der Waals surface area contributed by atoms with Gasteiger partial charge < -0.3 is 20.5 Å². The van der Waals surface area contributed by atoms with E-state index >= 15 is 0 Å². The highest BCUT2D eigenvalue weighted by Crippen LogP contribution is 2.25. The lowest BCUT2D eigenvalue weighted by Crippen LogP contribution is -2.50. The van der Waals surface area contributed by atoms with Crippen molar-refractivity contribution in [1.29, 1.82) is 0 Å². The van der Waals surface area contributed by atoms with Gasteiger partial charge in [0.1, 0.15) is 17.2 Å². The zero-order valence-electron chi connectivity index (χ0n) is 16.6. The molecule has 0 radical (unpaired) electrons. The van der Waals surface area contributed by atoms with Crippen molar-refractivity contribution in [3.05, 3.63) is 48.5 Å². The quantitative estimate of drug-likeness (QED) is 0.714. The zero-order valence-corrected chi connectivity index (χ0v) is 16.6. The summed E-state index contributed by atoms with van der Waals surface area (Å²) in [7, 11) is 0. The summed E-state index contributed by atoms with van der Waals surface area (Å²) in [5.41, 5.74) is 6.12. The summed E-state index contributed by atoms with van der Waals surface area (Å²) in [5.74, 6) is 1.63. The average molecular weight is 397 g/mol. The highest BCUT2D eigenvalue weighted by Gasteiger charge is 2.28. The lowest BCUT2D eigenvalue weighted by atomic mass is 10.0. The van der Waals surface area contributed by atoms with Crippen molar-refractivity contribution in [2.75, 3.05) is 25.0 Å². The van der Waals surface area contributed by atoms with Gasteiger partial charge in [0, 0.05) is 5.69 Å². The largest absolute Gasteiger partial charge is 0.494 e. The maximum atomic E-state index is 12.4. The third-order valence-electron chi connectivity index (χ3n) is 4.80. The molecule has 1 saturated heterocycles. The van der Waals surface area contributed by atoms with Crippen molar-refractivity contribution in [3.63, 3.8) is 0 Å². The number of hydrogen-bond donors (Lipinski definition) is 2. The van der Waals surface area contributed by atoms with Crippen molar-refractivity contribution >= 4 is 17.5 Å². The first-order chi connectivity index (χ1) is 14.0. The molecule has 0 spiro atoms. The van der Waals surface area contributed by atoms with Crippen molar-refractivity contribution < 1.29 is 19.1 Å². The summed E-state index contributed by atoms with van der Waals surface area (Å²) in [6.07, 6.45) is 2.64. The number of carbonyl (C=O) groups is 2. The molecule has 0 saturated carbocycles. The van der Waals surface area contributed by atoms with Crippen LogP contribution in [-0.4, -0.2) is 42.5 Å². The first-order valence-corrected chi connectivity index (χ1v) is 9.89. The van der Waals surface area contributed by atoms with Gasteiger partial charge in [-0.3, -0.25) is 14.5 Å². The number of carbonyl (C=O) groups excluding carboxylic acids is 2. The Balaban J connectivity index is 1.53. The van der Waals surface area contributed by atoms with E-state index in [0.717, 1.165) is 18.6 Å². The van der Waals surface area contributed by atoms with Gasteiger partial charge in [-0.25, -0.2) is 0 Å². The molecule has 0 bridgehead atoms. The molecule has 29 heavy (non-hydrogen) atoms. The highest BCUT2D eigenvalue weighted by molar-refractivity contribution is 5.92. The average Bonchev–Trinajstić information content (AvgIpc) is 2.71. The van der Waals surface area contributed by atoms with E-state index in [4.69, 9.17) is 15.2 Å². The van der Waals surface area contributed by atoms with E-state index in [0.29, 0.717) is 36.8 Å². The highest BCUT2D eigenvalue weighted by atomic mass is 16.5. The number of benzene rings is 2. The topological polar surface area (TPSA) is 93.9 Å². The molecule has 1 heterocycles. The van der Waals surface area contributed by atoms with Crippen molar-refractivity contribution in [1.82, 2.24) is 4.90 Å². The summed E-state index contributed by atoms with van der Waals surface area (Å²) in [6.45, 7) is 3.41. The van der Waals surface area contributed by atoms with Gasteiger partial charge in [0.15, 0.2) is 0 Å². The number of nitrogens with two attached hydrogens (primary N) is 1. The third kappa shape index (κ3) is 5.96. The monoisotopic (exact) mass is 397 g/mol. The summed E-state index contributed by atoms with van der Waals surface area (Å²) in [4.78, 5) is 25.8. The molecule has 0 unspecified atom stereocenters. The van der Waals surface area contributed by atoms with Gasteiger partial charge >= 0.3 is 0 Å². The Bertz CT molecular complexity index is 821. The maximum absolute atomic E-state index is 12.4. The van der Waals surface area contributed by atoms with Crippen LogP contribution in [0.1, 0.15) is 26.2 Å². The lowest BCUT2D eigenvalue weighted by molar-refractivity contribution is -0.126. The van der Waals surface area contributed by atoms with Crippen LogP contribution in [-0.2, 0) is 9.59 Å².